The standard InChI is InChI=1S/C27H25F3N2O3/c1-18(21-10-7-19(8-11-21)14-32-15-23(16-32)26(33)34)31-35-17-20-9-12-24(22-5-3-2-4-6-22)25(13-20)27(28,29)30/h2-13,23H,14-17H2,1H3,(H,33,34)/b31-18-. The van der Waals surface area contributed by atoms with Gasteiger partial charge in [-0.2, -0.15) is 13.2 Å². The summed E-state index contributed by atoms with van der Waals surface area (Å²) in [5.41, 5.74) is 2.78. The first-order chi connectivity index (χ1) is 16.7. The van der Waals surface area contributed by atoms with Gasteiger partial charge in [-0.05, 0) is 40.8 Å². The number of carboxylic acids is 1. The molecule has 0 spiro atoms. The molecule has 1 saturated heterocycles. The van der Waals surface area contributed by atoms with Crippen LogP contribution in [0.25, 0.3) is 11.1 Å². The molecule has 0 atom stereocenters. The number of halogens is 3. The van der Waals surface area contributed by atoms with E-state index < -0.39 is 17.7 Å². The van der Waals surface area contributed by atoms with Gasteiger partial charge in [-0.1, -0.05) is 71.9 Å². The molecule has 1 heterocycles. The molecule has 1 aliphatic rings. The Morgan fingerprint density at radius 2 is 1.69 bits per heavy atom. The van der Waals surface area contributed by atoms with Crippen molar-refractivity contribution >= 4 is 11.7 Å². The first-order valence-corrected chi connectivity index (χ1v) is 11.2. The number of rotatable bonds is 8. The Labute approximate surface area is 201 Å². The molecule has 0 amide bonds. The second-order valence-corrected chi connectivity index (χ2v) is 8.62. The van der Waals surface area contributed by atoms with E-state index in [0.29, 0.717) is 36.5 Å². The zero-order valence-electron chi connectivity index (χ0n) is 19.1. The molecule has 0 radical (unpaired) electrons. The number of carbonyl (C=O) groups is 1. The van der Waals surface area contributed by atoms with Crippen LogP contribution in [0, 0.1) is 5.92 Å². The van der Waals surface area contributed by atoms with Crippen LogP contribution in [-0.2, 0) is 29.0 Å². The predicted octanol–water partition coefficient (Wildman–Crippen LogP) is 5.83. The van der Waals surface area contributed by atoms with Gasteiger partial charge in [0.1, 0.15) is 6.61 Å². The second kappa shape index (κ2) is 10.3. The topological polar surface area (TPSA) is 62.1 Å². The monoisotopic (exact) mass is 482 g/mol. The van der Waals surface area contributed by atoms with Gasteiger partial charge in [-0.15, -0.1) is 0 Å². The van der Waals surface area contributed by atoms with Gasteiger partial charge in [-0.3, -0.25) is 9.69 Å². The van der Waals surface area contributed by atoms with Crippen LogP contribution >= 0.6 is 0 Å². The number of carboxylic acid groups (broad SMARTS) is 1. The number of nitrogens with zero attached hydrogens (tertiary/aromatic N) is 2. The van der Waals surface area contributed by atoms with Crippen molar-refractivity contribution in [1.82, 2.24) is 4.90 Å². The minimum Gasteiger partial charge on any atom is -0.481 e. The van der Waals surface area contributed by atoms with Crippen molar-refractivity contribution < 1.29 is 27.9 Å². The number of hydrogen-bond acceptors (Lipinski definition) is 4. The highest BCUT2D eigenvalue weighted by atomic mass is 19.4. The predicted molar refractivity (Wildman–Crippen MR) is 127 cm³/mol. The van der Waals surface area contributed by atoms with Gasteiger partial charge in [0.2, 0.25) is 0 Å². The highest BCUT2D eigenvalue weighted by molar-refractivity contribution is 5.98. The molecule has 1 N–H and O–H groups in total. The molecular weight excluding hydrogens is 457 g/mol. The van der Waals surface area contributed by atoms with E-state index in [4.69, 9.17) is 9.94 Å². The fourth-order valence-corrected chi connectivity index (χ4v) is 4.01. The summed E-state index contributed by atoms with van der Waals surface area (Å²) in [6.45, 7) is 3.45. The average Bonchev–Trinajstić information content (AvgIpc) is 2.81. The lowest BCUT2D eigenvalue weighted by atomic mass is 9.97. The number of likely N-dealkylation sites (tertiary alicyclic amines) is 1. The molecule has 0 aromatic heterocycles. The van der Waals surface area contributed by atoms with Crippen LogP contribution in [0.3, 0.4) is 0 Å². The molecule has 5 nitrogen and oxygen atoms in total. The van der Waals surface area contributed by atoms with E-state index in [1.807, 2.05) is 24.3 Å². The molecule has 182 valence electrons. The van der Waals surface area contributed by atoms with Crippen molar-refractivity contribution in [2.75, 3.05) is 13.1 Å². The van der Waals surface area contributed by atoms with Crippen molar-refractivity contribution in [3.05, 3.63) is 95.1 Å². The summed E-state index contributed by atoms with van der Waals surface area (Å²) in [6, 6.07) is 20.3. The maximum absolute atomic E-state index is 13.7. The summed E-state index contributed by atoms with van der Waals surface area (Å²) >= 11 is 0. The minimum atomic E-state index is -4.49. The van der Waals surface area contributed by atoms with Crippen molar-refractivity contribution in [2.45, 2.75) is 26.3 Å². The van der Waals surface area contributed by atoms with E-state index in [1.54, 1.807) is 43.3 Å². The lowest BCUT2D eigenvalue weighted by Gasteiger charge is -2.36. The molecular formula is C27H25F3N2O3. The van der Waals surface area contributed by atoms with Gasteiger partial charge in [0.15, 0.2) is 0 Å². The van der Waals surface area contributed by atoms with E-state index in [-0.39, 0.29) is 18.1 Å². The first kappa shape index (κ1) is 24.5. The molecule has 0 bridgehead atoms. The molecule has 3 aromatic carbocycles. The van der Waals surface area contributed by atoms with E-state index in [0.717, 1.165) is 17.2 Å². The number of hydrogen-bond donors (Lipinski definition) is 1. The van der Waals surface area contributed by atoms with Crippen LogP contribution in [0.1, 0.15) is 29.2 Å². The highest BCUT2D eigenvalue weighted by Crippen LogP contribution is 2.37. The number of alkyl halides is 3. The van der Waals surface area contributed by atoms with E-state index in [2.05, 4.69) is 10.1 Å². The lowest BCUT2D eigenvalue weighted by Crippen LogP contribution is -2.49. The van der Waals surface area contributed by atoms with Crippen LogP contribution in [0.15, 0.2) is 78.0 Å². The minimum absolute atomic E-state index is 0.0900. The largest absolute Gasteiger partial charge is 0.481 e. The molecule has 8 heteroatoms. The van der Waals surface area contributed by atoms with E-state index in [9.17, 15) is 18.0 Å². The third kappa shape index (κ3) is 6.08. The summed E-state index contributed by atoms with van der Waals surface area (Å²) in [6.07, 6.45) is -4.49. The van der Waals surface area contributed by atoms with Crippen molar-refractivity contribution in [2.24, 2.45) is 11.1 Å². The molecule has 0 saturated carbocycles. The van der Waals surface area contributed by atoms with Gasteiger partial charge in [-0.25, -0.2) is 0 Å². The van der Waals surface area contributed by atoms with Gasteiger partial charge in [0, 0.05) is 19.6 Å². The molecule has 1 fully saturated rings. The highest BCUT2D eigenvalue weighted by Gasteiger charge is 2.34. The van der Waals surface area contributed by atoms with Gasteiger partial charge < -0.3 is 9.94 Å². The van der Waals surface area contributed by atoms with Crippen LogP contribution in [-0.4, -0.2) is 34.8 Å². The Morgan fingerprint density at radius 3 is 2.31 bits per heavy atom. The van der Waals surface area contributed by atoms with Crippen LogP contribution in [0.5, 0.6) is 0 Å². The van der Waals surface area contributed by atoms with Crippen LogP contribution < -0.4 is 0 Å². The van der Waals surface area contributed by atoms with Crippen molar-refractivity contribution in [3.8, 4) is 11.1 Å². The third-order valence-electron chi connectivity index (χ3n) is 5.99. The van der Waals surface area contributed by atoms with E-state index in [1.165, 1.54) is 6.07 Å². The van der Waals surface area contributed by atoms with Crippen LogP contribution in [0.2, 0.25) is 0 Å². The van der Waals surface area contributed by atoms with Gasteiger partial charge in [0.05, 0.1) is 17.2 Å². The Bertz CT molecular complexity index is 1200. The summed E-state index contributed by atoms with van der Waals surface area (Å²) in [4.78, 5) is 18.3. The van der Waals surface area contributed by atoms with Crippen LogP contribution in [0.4, 0.5) is 13.2 Å². The lowest BCUT2D eigenvalue weighted by molar-refractivity contribution is -0.147. The fraction of sp³-hybridized carbons (Fsp3) is 0.259. The maximum atomic E-state index is 13.7. The molecule has 0 unspecified atom stereocenters. The molecule has 1 aliphatic heterocycles. The van der Waals surface area contributed by atoms with Gasteiger partial charge in [0.25, 0.3) is 0 Å². The number of benzene rings is 3. The smallest absolute Gasteiger partial charge is 0.417 e. The first-order valence-electron chi connectivity index (χ1n) is 11.2. The summed E-state index contributed by atoms with van der Waals surface area (Å²) in [7, 11) is 0. The Morgan fingerprint density at radius 1 is 1.03 bits per heavy atom. The Balaban J connectivity index is 1.37. The number of aliphatic carboxylic acids is 1. The second-order valence-electron chi connectivity index (χ2n) is 8.62. The Kier molecular flexibility index (Phi) is 7.21. The summed E-state index contributed by atoms with van der Waals surface area (Å²) < 4.78 is 41.0. The van der Waals surface area contributed by atoms with Crippen molar-refractivity contribution in [3.63, 3.8) is 0 Å². The van der Waals surface area contributed by atoms with Gasteiger partial charge >= 0.3 is 12.1 Å². The average molecular weight is 483 g/mol. The summed E-state index contributed by atoms with van der Waals surface area (Å²) in [5.74, 6) is -1.05. The van der Waals surface area contributed by atoms with Crippen molar-refractivity contribution in [1.29, 1.82) is 0 Å². The SMILES string of the molecule is C/C(=N/OCc1ccc(-c2ccccc2)c(C(F)(F)F)c1)c1ccc(CN2CC(C(=O)O)C2)cc1. The Hall–Kier alpha value is -3.65. The normalized spacial score (nSPS) is 15.0. The fourth-order valence-electron chi connectivity index (χ4n) is 4.01. The quantitative estimate of drug-likeness (QED) is 0.324. The molecule has 35 heavy (non-hydrogen) atoms. The molecule has 3 aromatic rings. The number of oxime groups is 1. The summed E-state index contributed by atoms with van der Waals surface area (Å²) in [5, 5.41) is 13.0. The van der Waals surface area contributed by atoms with E-state index >= 15 is 0 Å². The third-order valence-corrected chi connectivity index (χ3v) is 5.99. The zero-order valence-corrected chi connectivity index (χ0v) is 19.1. The maximum Gasteiger partial charge on any atom is 0.417 e. The molecule has 4 rings (SSSR count). The zero-order chi connectivity index (χ0) is 25.0. The molecule has 0 aliphatic carbocycles.